The van der Waals surface area contributed by atoms with Crippen LogP contribution in [-0.4, -0.2) is 48.9 Å². The summed E-state index contributed by atoms with van der Waals surface area (Å²) in [6.07, 6.45) is 0. The molecule has 0 saturated carbocycles. The Kier molecular flexibility index (Phi) is 6.54. The molecule has 138 valence electrons. The van der Waals surface area contributed by atoms with Crippen molar-refractivity contribution in [2.24, 2.45) is 0 Å². The molecule has 0 aliphatic carbocycles. The highest BCUT2D eigenvalue weighted by Gasteiger charge is 2.14. The minimum absolute atomic E-state index is 0.220. The molecule has 1 heterocycles. The number of benzene rings is 2. The van der Waals surface area contributed by atoms with Crippen LogP contribution in [0.15, 0.2) is 42.5 Å². The van der Waals surface area contributed by atoms with Crippen molar-refractivity contribution in [2.75, 3.05) is 33.2 Å². The monoisotopic (exact) mass is 391 g/mol. The summed E-state index contributed by atoms with van der Waals surface area (Å²) in [6.45, 7) is 5.79. The molecule has 26 heavy (non-hydrogen) atoms. The van der Waals surface area contributed by atoms with E-state index >= 15 is 0 Å². The second kappa shape index (κ2) is 8.87. The molecule has 1 saturated heterocycles. The summed E-state index contributed by atoms with van der Waals surface area (Å²) >= 11 is 12.0. The summed E-state index contributed by atoms with van der Waals surface area (Å²) in [5, 5.41) is 3.81. The number of rotatable bonds is 5. The first-order valence-electron chi connectivity index (χ1n) is 8.73. The zero-order valence-electron chi connectivity index (χ0n) is 14.8. The van der Waals surface area contributed by atoms with Gasteiger partial charge in [-0.15, -0.1) is 0 Å². The molecule has 0 aromatic heterocycles. The third-order valence-electron chi connectivity index (χ3n) is 4.62. The van der Waals surface area contributed by atoms with Gasteiger partial charge in [-0.2, -0.15) is 0 Å². The SMILES string of the molecule is CN1CCN(Cc2cccc(CNC(=O)c3cc(Cl)ccc3Cl)c2)CC1. The summed E-state index contributed by atoms with van der Waals surface area (Å²) in [5.41, 5.74) is 2.73. The number of likely N-dealkylation sites (N-methyl/N-ethyl adjacent to an activating group) is 1. The second-order valence-corrected chi connectivity index (χ2v) is 7.55. The molecule has 1 amide bonds. The van der Waals surface area contributed by atoms with Gasteiger partial charge >= 0.3 is 0 Å². The Morgan fingerprint density at radius 1 is 1.04 bits per heavy atom. The van der Waals surface area contributed by atoms with E-state index in [9.17, 15) is 4.79 Å². The topological polar surface area (TPSA) is 35.6 Å². The van der Waals surface area contributed by atoms with Crippen LogP contribution in [-0.2, 0) is 13.1 Å². The van der Waals surface area contributed by atoms with Gasteiger partial charge in [0.1, 0.15) is 0 Å². The van der Waals surface area contributed by atoms with E-state index < -0.39 is 0 Å². The Balaban J connectivity index is 1.58. The summed E-state index contributed by atoms with van der Waals surface area (Å²) in [6, 6.07) is 13.2. The average molecular weight is 392 g/mol. The van der Waals surface area contributed by atoms with Crippen LogP contribution in [0.3, 0.4) is 0 Å². The quantitative estimate of drug-likeness (QED) is 0.844. The molecule has 1 aliphatic rings. The maximum absolute atomic E-state index is 12.4. The molecular weight excluding hydrogens is 369 g/mol. The molecule has 1 aliphatic heterocycles. The van der Waals surface area contributed by atoms with Gasteiger partial charge in [0.05, 0.1) is 10.6 Å². The molecule has 0 spiro atoms. The predicted octanol–water partition coefficient (Wildman–Crippen LogP) is 3.67. The zero-order chi connectivity index (χ0) is 18.5. The average Bonchev–Trinajstić information content (AvgIpc) is 2.64. The van der Waals surface area contributed by atoms with Gasteiger partial charge in [-0.3, -0.25) is 9.69 Å². The fourth-order valence-corrected chi connectivity index (χ4v) is 3.43. The maximum atomic E-state index is 12.4. The standard InChI is InChI=1S/C20H23Cl2N3O/c1-24-7-9-25(10-8-24)14-16-4-2-3-15(11-16)13-23-20(26)18-12-17(21)5-6-19(18)22/h2-6,11-12H,7-10,13-14H2,1H3,(H,23,26). The number of carbonyl (C=O) groups excluding carboxylic acids is 1. The van der Waals surface area contributed by atoms with Crippen molar-refractivity contribution >= 4 is 29.1 Å². The Hall–Kier alpha value is -1.59. The lowest BCUT2D eigenvalue weighted by Gasteiger charge is -2.32. The second-order valence-electron chi connectivity index (χ2n) is 6.71. The number of nitrogens with zero attached hydrogens (tertiary/aromatic N) is 2. The zero-order valence-corrected chi connectivity index (χ0v) is 16.4. The van der Waals surface area contributed by atoms with Crippen LogP contribution in [0.2, 0.25) is 10.0 Å². The van der Waals surface area contributed by atoms with Gasteiger partial charge in [0.25, 0.3) is 5.91 Å². The van der Waals surface area contributed by atoms with Gasteiger partial charge in [-0.05, 0) is 36.4 Å². The highest BCUT2D eigenvalue weighted by Crippen LogP contribution is 2.20. The molecule has 2 aromatic carbocycles. The Morgan fingerprint density at radius 3 is 2.54 bits per heavy atom. The number of carbonyl (C=O) groups is 1. The van der Waals surface area contributed by atoms with Gasteiger partial charge in [0.2, 0.25) is 0 Å². The van der Waals surface area contributed by atoms with E-state index in [0.717, 1.165) is 38.3 Å². The molecule has 4 nitrogen and oxygen atoms in total. The van der Waals surface area contributed by atoms with Crippen LogP contribution in [0.1, 0.15) is 21.5 Å². The first-order chi connectivity index (χ1) is 12.5. The third-order valence-corrected chi connectivity index (χ3v) is 5.18. The number of piperazine rings is 1. The lowest BCUT2D eigenvalue weighted by molar-refractivity contribution is 0.0951. The van der Waals surface area contributed by atoms with Crippen LogP contribution in [0, 0.1) is 0 Å². The van der Waals surface area contributed by atoms with Crippen molar-refractivity contribution in [3.05, 3.63) is 69.2 Å². The first-order valence-corrected chi connectivity index (χ1v) is 9.49. The van der Waals surface area contributed by atoms with Crippen LogP contribution in [0.5, 0.6) is 0 Å². The van der Waals surface area contributed by atoms with E-state index in [1.165, 1.54) is 5.56 Å². The highest BCUT2D eigenvalue weighted by atomic mass is 35.5. The van der Waals surface area contributed by atoms with E-state index in [1.807, 2.05) is 12.1 Å². The van der Waals surface area contributed by atoms with Crippen LogP contribution in [0.25, 0.3) is 0 Å². The van der Waals surface area contributed by atoms with Gasteiger partial charge in [-0.25, -0.2) is 0 Å². The largest absolute Gasteiger partial charge is 0.348 e. The van der Waals surface area contributed by atoms with Crippen LogP contribution in [0.4, 0.5) is 0 Å². The van der Waals surface area contributed by atoms with E-state index in [0.29, 0.717) is 22.2 Å². The maximum Gasteiger partial charge on any atom is 0.253 e. The summed E-state index contributed by atoms with van der Waals surface area (Å²) in [4.78, 5) is 17.2. The van der Waals surface area contributed by atoms with Crippen LogP contribution < -0.4 is 5.32 Å². The predicted molar refractivity (Wildman–Crippen MR) is 107 cm³/mol. The molecule has 0 radical (unpaired) electrons. The van der Waals surface area contributed by atoms with Crippen molar-refractivity contribution in [1.82, 2.24) is 15.1 Å². The normalized spacial score (nSPS) is 15.8. The number of nitrogens with one attached hydrogen (secondary N) is 1. The van der Waals surface area contributed by atoms with E-state index in [1.54, 1.807) is 18.2 Å². The van der Waals surface area contributed by atoms with Crippen molar-refractivity contribution in [3.8, 4) is 0 Å². The molecule has 6 heteroatoms. The molecule has 1 fully saturated rings. The van der Waals surface area contributed by atoms with Crippen molar-refractivity contribution in [3.63, 3.8) is 0 Å². The minimum Gasteiger partial charge on any atom is -0.348 e. The lowest BCUT2D eigenvalue weighted by atomic mass is 10.1. The van der Waals surface area contributed by atoms with E-state index in [4.69, 9.17) is 23.2 Å². The van der Waals surface area contributed by atoms with Gasteiger partial charge in [0.15, 0.2) is 0 Å². The van der Waals surface area contributed by atoms with Gasteiger partial charge in [0, 0.05) is 44.3 Å². The highest BCUT2D eigenvalue weighted by molar-refractivity contribution is 6.35. The fraction of sp³-hybridized carbons (Fsp3) is 0.350. The van der Waals surface area contributed by atoms with E-state index in [-0.39, 0.29) is 5.91 Å². The number of halogens is 2. The molecule has 0 atom stereocenters. The van der Waals surface area contributed by atoms with Gasteiger partial charge in [-0.1, -0.05) is 47.5 Å². The Bertz CT molecular complexity index is 773. The molecule has 2 aromatic rings. The third kappa shape index (κ3) is 5.21. The van der Waals surface area contributed by atoms with Gasteiger partial charge < -0.3 is 10.2 Å². The Morgan fingerprint density at radius 2 is 1.77 bits per heavy atom. The molecule has 0 unspecified atom stereocenters. The smallest absolute Gasteiger partial charge is 0.253 e. The lowest BCUT2D eigenvalue weighted by Crippen LogP contribution is -2.43. The van der Waals surface area contributed by atoms with Crippen molar-refractivity contribution < 1.29 is 4.79 Å². The molecular formula is C20H23Cl2N3O. The summed E-state index contributed by atoms with van der Waals surface area (Å²) < 4.78 is 0. The van der Waals surface area contributed by atoms with Crippen molar-refractivity contribution in [1.29, 1.82) is 0 Å². The van der Waals surface area contributed by atoms with Crippen molar-refractivity contribution in [2.45, 2.75) is 13.1 Å². The molecule has 3 rings (SSSR count). The number of amides is 1. The number of hydrogen-bond donors (Lipinski definition) is 1. The Labute approximate surface area is 164 Å². The number of hydrogen-bond acceptors (Lipinski definition) is 3. The first kappa shape index (κ1) is 19.2. The fourth-order valence-electron chi connectivity index (χ4n) is 3.05. The van der Waals surface area contributed by atoms with E-state index in [2.05, 4.69) is 34.3 Å². The summed E-state index contributed by atoms with van der Waals surface area (Å²) in [5.74, 6) is -0.220. The molecule has 1 N–H and O–H groups in total. The molecule has 0 bridgehead atoms. The summed E-state index contributed by atoms with van der Waals surface area (Å²) in [7, 11) is 2.16. The van der Waals surface area contributed by atoms with Crippen LogP contribution >= 0.6 is 23.2 Å². The minimum atomic E-state index is -0.220.